The van der Waals surface area contributed by atoms with Crippen LogP contribution in [0.15, 0.2) is 35.5 Å². The molecule has 2 aliphatic rings. The third-order valence-electron chi connectivity index (χ3n) is 5.44. The van der Waals surface area contributed by atoms with Gasteiger partial charge in [-0.15, -0.1) is 0 Å². The second kappa shape index (κ2) is 8.16. The van der Waals surface area contributed by atoms with E-state index in [1.807, 2.05) is 0 Å². The van der Waals surface area contributed by atoms with Crippen molar-refractivity contribution in [1.82, 2.24) is 10.3 Å². The number of hydrogen-bond donors (Lipinski definition) is 4. The van der Waals surface area contributed by atoms with Crippen molar-refractivity contribution in [2.24, 2.45) is 4.99 Å². The predicted octanol–water partition coefficient (Wildman–Crippen LogP) is 2.03. The summed E-state index contributed by atoms with van der Waals surface area (Å²) in [6.07, 6.45) is 5.44. The molecule has 1 fully saturated rings. The average molecular weight is 398 g/mol. The minimum Gasteiger partial charge on any atom is -0.508 e. The molecule has 4 N–H and O–H groups in total. The number of halogens is 1. The molecule has 1 aliphatic carbocycles. The number of nitrogens with zero attached hydrogens (tertiary/aromatic N) is 2. The Hall–Kier alpha value is -3.00. The van der Waals surface area contributed by atoms with Crippen molar-refractivity contribution in [2.45, 2.75) is 43.9 Å². The molecular weight excluding hydrogens is 375 g/mol. The van der Waals surface area contributed by atoms with Gasteiger partial charge in [0.05, 0.1) is 23.9 Å². The molecule has 29 heavy (non-hydrogen) atoms. The monoisotopic (exact) mass is 398 g/mol. The first-order valence-corrected chi connectivity index (χ1v) is 9.73. The molecule has 2 heterocycles. The van der Waals surface area contributed by atoms with Gasteiger partial charge in [0.15, 0.2) is 5.82 Å². The number of nitrogens with one attached hydrogen (secondary N) is 2. The molecule has 1 aromatic carbocycles. The molecule has 2 aromatic rings. The molecule has 0 spiro atoms. The molecule has 1 amide bonds. The summed E-state index contributed by atoms with van der Waals surface area (Å²) in [6.45, 7) is -0.0542. The van der Waals surface area contributed by atoms with Crippen LogP contribution in [0.1, 0.15) is 40.7 Å². The molecule has 1 saturated carbocycles. The first kappa shape index (κ1) is 19.3. The number of aliphatic imine (C=N–C) groups is 1. The molecule has 2 atom stereocenters. The smallest absolute Gasteiger partial charge is 0.254 e. The third kappa shape index (κ3) is 4.37. The SMILES string of the molecule is O=C(NC[C@@H](O)C1Cc2ccc(O)cc2C=N1)c1cc(NC2CCC2)ncc1F. The van der Waals surface area contributed by atoms with E-state index in [1.54, 1.807) is 24.4 Å². The van der Waals surface area contributed by atoms with Crippen molar-refractivity contribution in [1.29, 1.82) is 0 Å². The van der Waals surface area contributed by atoms with Gasteiger partial charge in [0.2, 0.25) is 0 Å². The maximum absolute atomic E-state index is 14.1. The van der Waals surface area contributed by atoms with Crippen molar-refractivity contribution in [3.63, 3.8) is 0 Å². The van der Waals surface area contributed by atoms with Crippen molar-refractivity contribution in [2.75, 3.05) is 11.9 Å². The minimum absolute atomic E-state index is 0.0542. The summed E-state index contributed by atoms with van der Waals surface area (Å²) >= 11 is 0. The van der Waals surface area contributed by atoms with E-state index in [0.717, 1.165) is 36.6 Å². The van der Waals surface area contributed by atoms with Gasteiger partial charge in [0, 0.05) is 18.8 Å². The number of hydrogen-bond acceptors (Lipinski definition) is 6. The fraction of sp³-hybridized carbons (Fsp3) is 0.381. The van der Waals surface area contributed by atoms with Gasteiger partial charge in [-0.2, -0.15) is 0 Å². The highest BCUT2D eigenvalue weighted by atomic mass is 19.1. The summed E-state index contributed by atoms with van der Waals surface area (Å²) in [5.41, 5.74) is 1.66. The largest absolute Gasteiger partial charge is 0.508 e. The van der Waals surface area contributed by atoms with Gasteiger partial charge < -0.3 is 20.8 Å². The second-order valence-electron chi connectivity index (χ2n) is 7.53. The number of aromatic hydroxyl groups is 1. The van der Waals surface area contributed by atoms with E-state index >= 15 is 0 Å². The van der Waals surface area contributed by atoms with Crippen LogP contribution < -0.4 is 10.6 Å². The predicted molar refractivity (Wildman–Crippen MR) is 107 cm³/mol. The molecule has 1 unspecified atom stereocenters. The van der Waals surface area contributed by atoms with Gasteiger partial charge in [-0.25, -0.2) is 9.37 Å². The molecule has 0 bridgehead atoms. The first-order valence-electron chi connectivity index (χ1n) is 9.73. The van der Waals surface area contributed by atoms with Crippen molar-refractivity contribution in [3.8, 4) is 5.75 Å². The lowest BCUT2D eigenvalue weighted by atomic mass is 9.93. The summed E-state index contributed by atoms with van der Waals surface area (Å²) in [4.78, 5) is 20.7. The van der Waals surface area contributed by atoms with Gasteiger partial charge >= 0.3 is 0 Å². The Labute approximate surface area is 167 Å². The number of rotatable bonds is 6. The second-order valence-corrected chi connectivity index (χ2v) is 7.53. The van der Waals surface area contributed by atoms with Gasteiger partial charge in [0.1, 0.15) is 11.6 Å². The van der Waals surface area contributed by atoms with Crippen LogP contribution in [0, 0.1) is 5.82 Å². The maximum Gasteiger partial charge on any atom is 0.254 e. The van der Waals surface area contributed by atoms with Crippen LogP contribution in [0.2, 0.25) is 0 Å². The number of aromatic nitrogens is 1. The third-order valence-corrected chi connectivity index (χ3v) is 5.44. The number of fused-ring (bicyclic) bond motifs is 1. The lowest BCUT2D eigenvalue weighted by Crippen LogP contribution is -2.40. The van der Waals surface area contributed by atoms with E-state index in [4.69, 9.17) is 0 Å². The lowest BCUT2D eigenvalue weighted by molar-refractivity contribution is 0.0893. The number of anilines is 1. The van der Waals surface area contributed by atoms with E-state index in [9.17, 15) is 19.4 Å². The maximum atomic E-state index is 14.1. The normalized spacial score (nSPS) is 19.2. The molecule has 8 heteroatoms. The fourth-order valence-corrected chi connectivity index (χ4v) is 3.46. The van der Waals surface area contributed by atoms with Crippen molar-refractivity contribution >= 4 is 17.9 Å². The zero-order valence-corrected chi connectivity index (χ0v) is 15.8. The summed E-state index contributed by atoms with van der Waals surface area (Å²) in [7, 11) is 0. The Morgan fingerprint density at radius 1 is 1.31 bits per heavy atom. The molecule has 0 saturated heterocycles. The van der Waals surface area contributed by atoms with Crippen LogP contribution in [0.3, 0.4) is 0 Å². The van der Waals surface area contributed by atoms with Crippen molar-refractivity contribution in [3.05, 3.63) is 53.0 Å². The number of carbonyl (C=O) groups excluding carboxylic acids is 1. The molecule has 0 radical (unpaired) electrons. The Bertz CT molecular complexity index is 946. The van der Waals surface area contributed by atoms with E-state index in [2.05, 4.69) is 20.6 Å². The number of amides is 1. The number of carbonyl (C=O) groups is 1. The zero-order valence-electron chi connectivity index (χ0n) is 15.8. The van der Waals surface area contributed by atoms with Crippen LogP contribution in [-0.4, -0.2) is 52.1 Å². The van der Waals surface area contributed by atoms with Gasteiger partial charge in [-0.1, -0.05) is 6.07 Å². The van der Waals surface area contributed by atoms with Crippen LogP contribution >= 0.6 is 0 Å². The quantitative estimate of drug-likeness (QED) is 0.596. The van der Waals surface area contributed by atoms with Crippen molar-refractivity contribution < 1.29 is 19.4 Å². The van der Waals surface area contributed by atoms with Gasteiger partial charge in [-0.3, -0.25) is 9.79 Å². The summed E-state index contributed by atoms with van der Waals surface area (Å²) in [6, 6.07) is 6.29. The van der Waals surface area contributed by atoms with Crippen LogP contribution in [0.4, 0.5) is 10.2 Å². The summed E-state index contributed by atoms with van der Waals surface area (Å²) in [5.74, 6) is -0.683. The zero-order chi connectivity index (χ0) is 20.4. The Morgan fingerprint density at radius 2 is 2.14 bits per heavy atom. The number of phenolic OH excluding ortho intramolecular Hbond substituents is 1. The van der Waals surface area contributed by atoms with E-state index in [0.29, 0.717) is 18.3 Å². The standard InChI is InChI=1S/C21H23FN4O3/c22-17-10-24-20(26-14-2-1-3-14)8-16(17)21(29)25-11-19(28)18-7-12-4-5-15(27)6-13(12)9-23-18/h4-6,8-10,14,18-19,27-28H,1-3,7,11H2,(H,24,26)(H,25,29)/t18?,19-/m1/s1. The molecule has 1 aromatic heterocycles. The number of aliphatic hydroxyl groups is 1. The highest BCUT2D eigenvalue weighted by Crippen LogP contribution is 2.24. The highest BCUT2D eigenvalue weighted by Gasteiger charge is 2.24. The van der Waals surface area contributed by atoms with Crippen LogP contribution in [0.5, 0.6) is 5.75 Å². The average Bonchev–Trinajstić information content (AvgIpc) is 2.69. The lowest BCUT2D eigenvalue weighted by Gasteiger charge is -2.27. The van der Waals surface area contributed by atoms with E-state index in [-0.39, 0.29) is 17.9 Å². The first-order chi connectivity index (χ1) is 14.0. The molecule has 7 nitrogen and oxygen atoms in total. The summed E-state index contributed by atoms with van der Waals surface area (Å²) < 4.78 is 14.1. The topological polar surface area (TPSA) is 107 Å². The molecule has 4 rings (SSSR count). The number of benzene rings is 1. The van der Waals surface area contributed by atoms with E-state index < -0.39 is 23.9 Å². The number of phenols is 1. The summed E-state index contributed by atoms with van der Waals surface area (Å²) in [5, 5.41) is 25.7. The van der Waals surface area contributed by atoms with E-state index in [1.165, 1.54) is 6.07 Å². The molecule has 1 aliphatic heterocycles. The highest BCUT2D eigenvalue weighted by molar-refractivity contribution is 5.95. The number of pyridine rings is 1. The Kier molecular flexibility index (Phi) is 5.44. The Morgan fingerprint density at radius 3 is 2.90 bits per heavy atom. The van der Waals surface area contributed by atoms with Crippen LogP contribution in [-0.2, 0) is 6.42 Å². The molecule has 152 valence electrons. The molecular formula is C21H23FN4O3. The number of aliphatic hydroxyl groups excluding tert-OH is 1. The fourth-order valence-electron chi connectivity index (χ4n) is 3.46. The van der Waals surface area contributed by atoms with Gasteiger partial charge in [0.25, 0.3) is 5.91 Å². The van der Waals surface area contributed by atoms with Gasteiger partial charge in [-0.05, 0) is 55.0 Å². The minimum atomic E-state index is -0.922. The van der Waals surface area contributed by atoms with Crippen LogP contribution in [0.25, 0.3) is 0 Å². The Balaban J connectivity index is 1.36.